The predicted molar refractivity (Wildman–Crippen MR) is 111 cm³/mol. The quantitative estimate of drug-likeness (QED) is 0.854. The van der Waals surface area contributed by atoms with Gasteiger partial charge in [0.05, 0.1) is 38.5 Å². The summed E-state index contributed by atoms with van der Waals surface area (Å²) < 4.78 is 10.8. The Labute approximate surface area is 172 Å². The highest BCUT2D eigenvalue weighted by Gasteiger charge is 2.47. The third kappa shape index (κ3) is 3.42. The maximum atomic E-state index is 5.39. The first kappa shape index (κ1) is 18.6. The van der Waals surface area contributed by atoms with E-state index in [-0.39, 0.29) is 6.29 Å². The SMILES string of the molecule is COc1cncc(C2CCC3NC4N(c5cncc(OC)c5)CCCN4C3C2)c1. The van der Waals surface area contributed by atoms with Crippen molar-refractivity contribution in [3.63, 3.8) is 0 Å². The van der Waals surface area contributed by atoms with Crippen molar-refractivity contribution in [2.45, 2.75) is 50.0 Å². The molecule has 2 aromatic rings. The molecule has 0 bridgehead atoms. The standard InChI is InChI=1S/C22H29N5O2/c1-28-18-8-16(11-23-13-18)15-4-5-20-21(9-15)27-7-3-6-26(22(27)25-20)17-10-19(29-2)14-24-12-17/h8,10-15,20-22,25H,3-7,9H2,1-2H3. The van der Waals surface area contributed by atoms with E-state index in [0.717, 1.165) is 43.1 Å². The molecular formula is C22H29N5O2. The number of nitrogens with zero attached hydrogens (tertiary/aromatic N) is 4. The second-order valence-corrected chi connectivity index (χ2v) is 8.25. The maximum Gasteiger partial charge on any atom is 0.139 e. The van der Waals surface area contributed by atoms with Gasteiger partial charge in [-0.2, -0.15) is 0 Å². The summed E-state index contributed by atoms with van der Waals surface area (Å²) in [4.78, 5) is 13.9. The zero-order valence-electron chi connectivity index (χ0n) is 17.1. The van der Waals surface area contributed by atoms with Crippen molar-refractivity contribution < 1.29 is 9.47 Å². The molecule has 1 aliphatic carbocycles. The molecule has 4 atom stereocenters. The third-order valence-electron chi connectivity index (χ3n) is 6.74. The summed E-state index contributed by atoms with van der Waals surface area (Å²) >= 11 is 0. The van der Waals surface area contributed by atoms with Crippen LogP contribution in [0, 0.1) is 0 Å². The summed E-state index contributed by atoms with van der Waals surface area (Å²) in [5.41, 5.74) is 2.43. The molecule has 154 valence electrons. The second-order valence-electron chi connectivity index (χ2n) is 8.25. The molecule has 1 saturated carbocycles. The van der Waals surface area contributed by atoms with Gasteiger partial charge in [-0.1, -0.05) is 0 Å². The van der Waals surface area contributed by atoms with Crippen molar-refractivity contribution in [3.05, 3.63) is 42.5 Å². The first-order chi connectivity index (χ1) is 14.3. The van der Waals surface area contributed by atoms with Crippen LogP contribution >= 0.6 is 0 Å². The Balaban J connectivity index is 1.36. The van der Waals surface area contributed by atoms with E-state index in [9.17, 15) is 0 Å². The van der Waals surface area contributed by atoms with Crippen LogP contribution < -0.4 is 19.7 Å². The van der Waals surface area contributed by atoms with Gasteiger partial charge in [0, 0.05) is 37.4 Å². The van der Waals surface area contributed by atoms with Gasteiger partial charge in [0.2, 0.25) is 0 Å². The van der Waals surface area contributed by atoms with Crippen molar-refractivity contribution >= 4 is 5.69 Å². The monoisotopic (exact) mass is 395 g/mol. The first-order valence-electron chi connectivity index (χ1n) is 10.5. The summed E-state index contributed by atoms with van der Waals surface area (Å²) in [5, 5.41) is 3.92. The first-order valence-corrected chi connectivity index (χ1v) is 10.5. The fourth-order valence-corrected chi connectivity index (χ4v) is 5.30. The summed E-state index contributed by atoms with van der Waals surface area (Å²) in [6.07, 6.45) is 12.4. The molecule has 0 amide bonds. The van der Waals surface area contributed by atoms with E-state index in [1.165, 1.54) is 18.4 Å². The lowest BCUT2D eigenvalue weighted by Crippen LogP contribution is -2.56. The highest BCUT2D eigenvalue weighted by Crippen LogP contribution is 2.41. The largest absolute Gasteiger partial charge is 0.495 e. The van der Waals surface area contributed by atoms with Gasteiger partial charge >= 0.3 is 0 Å². The molecule has 3 fully saturated rings. The van der Waals surface area contributed by atoms with E-state index in [0.29, 0.717) is 18.0 Å². The average molecular weight is 396 g/mol. The number of anilines is 1. The van der Waals surface area contributed by atoms with Crippen molar-refractivity contribution in [2.24, 2.45) is 0 Å². The van der Waals surface area contributed by atoms with E-state index < -0.39 is 0 Å². The van der Waals surface area contributed by atoms with Crippen molar-refractivity contribution in [1.29, 1.82) is 0 Å². The minimum Gasteiger partial charge on any atom is -0.495 e. The van der Waals surface area contributed by atoms with Crippen LogP contribution in [-0.4, -0.2) is 60.6 Å². The molecule has 0 radical (unpaired) electrons. The Morgan fingerprint density at radius 1 is 0.966 bits per heavy atom. The number of fused-ring (bicyclic) bond motifs is 3. The number of aromatic nitrogens is 2. The Hall–Kier alpha value is -2.38. The van der Waals surface area contributed by atoms with Gasteiger partial charge < -0.3 is 14.4 Å². The molecular weight excluding hydrogens is 366 g/mol. The lowest BCUT2D eigenvalue weighted by molar-refractivity contribution is 0.131. The van der Waals surface area contributed by atoms with Crippen LogP contribution in [-0.2, 0) is 0 Å². The Morgan fingerprint density at radius 3 is 2.59 bits per heavy atom. The van der Waals surface area contributed by atoms with Gasteiger partial charge in [-0.25, -0.2) is 0 Å². The molecule has 7 heteroatoms. The van der Waals surface area contributed by atoms with Crippen LogP contribution in [0.1, 0.15) is 37.2 Å². The molecule has 2 saturated heterocycles. The van der Waals surface area contributed by atoms with Crippen molar-refractivity contribution in [2.75, 3.05) is 32.2 Å². The predicted octanol–water partition coefficient (Wildman–Crippen LogP) is 2.60. The third-order valence-corrected chi connectivity index (χ3v) is 6.74. The van der Waals surface area contributed by atoms with E-state index in [2.05, 4.69) is 37.2 Å². The number of methoxy groups -OCH3 is 2. The minimum absolute atomic E-state index is 0.231. The molecule has 4 unspecified atom stereocenters. The summed E-state index contributed by atoms with van der Waals surface area (Å²) in [5.74, 6) is 2.19. The van der Waals surface area contributed by atoms with Gasteiger partial charge in [0.25, 0.3) is 0 Å². The molecule has 0 spiro atoms. The van der Waals surface area contributed by atoms with E-state index in [1.54, 1.807) is 26.6 Å². The van der Waals surface area contributed by atoms with Crippen LogP contribution in [0.2, 0.25) is 0 Å². The Kier molecular flexibility index (Phi) is 5.01. The molecule has 5 rings (SSSR count). The molecule has 4 heterocycles. The molecule has 0 aromatic carbocycles. The Bertz CT molecular complexity index is 863. The number of rotatable bonds is 4. The molecule has 7 nitrogen and oxygen atoms in total. The highest BCUT2D eigenvalue weighted by molar-refractivity contribution is 5.49. The number of pyridine rings is 2. The van der Waals surface area contributed by atoms with Crippen molar-refractivity contribution in [1.82, 2.24) is 20.2 Å². The molecule has 1 N–H and O–H groups in total. The van der Waals surface area contributed by atoms with E-state index >= 15 is 0 Å². The molecule has 3 aliphatic rings. The van der Waals surface area contributed by atoms with Crippen LogP contribution in [0.4, 0.5) is 5.69 Å². The number of hydrogen-bond donors (Lipinski definition) is 1. The van der Waals surface area contributed by atoms with Crippen LogP contribution in [0.5, 0.6) is 11.5 Å². The normalized spacial score (nSPS) is 29.2. The lowest BCUT2D eigenvalue weighted by atomic mass is 9.79. The number of nitrogens with one attached hydrogen (secondary N) is 1. The summed E-state index contributed by atoms with van der Waals surface area (Å²) in [6, 6.07) is 5.33. The van der Waals surface area contributed by atoms with Crippen LogP contribution in [0.3, 0.4) is 0 Å². The van der Waals surface area contributed by atoms with Gasteiger partial charge in [0.1, 0.15) is 17.8 Å². The molecule has 2 aliphatic heterocycles. The van der Waals surface area contributed by atoms with E-state index in [4.69, 9.17) is 9.47 Å². The van der Waals surface area contributed by atoms with Gasteiger partial charge in [-0.15, -0.1) is 0 Å². The molecule has 29 heavy (non-hydrogen) atoms. The van der Waals surface area contributed by atoms with Crippen LogP contribution in [0.25, 0.3) is 0 Å². The van der Waals surface area contributed by atoms with Gasteiger partial charge in [-0.05, 0) is 43.2 Å². The fourth-order valence-electron chi connectivity index (χ4n) is 5.30. The number of ether oxygens (including phenoxy) is 2. The van der Waals surface area contributed by atoms with E-state index in [1.807, 2.05) is 12.4 Å². The Morgan fingerprint density at radius 2 is 1.76 bits per heavy atom. The zero-order chi connectivity index (χ0) is 19.8. The minimum atomic E-state index is 0.231. The van der Waals surface area contributed by atoms with Gasteiger partial charge in [-0.3, -0.25) is 20.2 Å². The molecule has 2 aromatic heterocycles. The fraction of sp³-hybridized carbons (Fsp3) is 0.545. The summed E-state index contributed by atoms with van der Waals surface area (Å²) in [7, 11) is 3.40. The summed E-state index contributed by atoms with van der Waals surface area (Å²) in [6.45, 7) is 2.17. The topological polar surface area (TPSA) is 62.8 Å². The second kappa shape index (κ2) is 7.80. The van der Waals surface area contributed by atoms with Crippen molar-refractivity contribution in [3.8, 4) is 11.5 Å². The van der Waals surface area contributed by atoms with Crippen LogP contribution in [0.15, 0.2) is 36.9 Å². The average Bonchev–Trinajstić information content (AvgIpc) is 3.17. The lowest BCUT2D eigenvalue weighted by Gasteiger charge is -2.43. The number of hydrogen-bond acceptors (Lipinski definition) is 7. The zero-order valence-corrected chi connectivity index (χ0v) is 17.1. The maximum absolute atomic E-state index is 5.39. The highest BCUT2D eigenvalue weighted by atomic mass is 16.5. The smallest absolute Gasteiger partial charge is 0.139 e. The van der Waals surface area contributed by atoms with Gasteiger partial charge in [0.15, 0.2) is 0 Å².